The lowest BCUT2D eigenvalue weighted by molar-refractivity contribution is -0.215. The highest BCUT2D eigenvalue weighted by Crippen LogP contribution is 2.54. The van der Waals surface area contributed by atoms with Gasteiger partial charge in [-0.15, -0.1) is 0 Å². The van der Waals surface area contributed by atoms with E-state index in [4.69, 9.17) is 21.1 Å². The third-order valence-electron chi connectivity index (χ3n) is 5.48. The lowest BCUT2D eigenvalue weighted by Gasteiger charge is -2.40. The standard InChI is InChI=1S/C23H18ClNO3/c1-27-23-19-10-6-5-9-18(19)21(26)22(28-23)20(15-7-3-2-4-8-15)25(23)17-13-11-16(24)12-14-17/h2-14,20,22H,1H3/t20-,22-,23-/m1/s1. The number of hydrogen-bond acceptors (Lipinski definition) is 4. The fourth-order valence-corrected chi connectivity index (χ4v) is 4.42. The van der Waals surface area contributed by atoms with E-state index in [0.717, 1.165) is 11.3 Å². The smallest absolute Gasteiger partial charge is 0.282 e. The van der Waals surface area contributed by atoms with Crippen molar-refractivity contribution in [3.05, 3.63) is 101 Å². The Morgan fingerprint density at radius 3 is 2.36 bits per heavy atom. The molecule has 0 aliphatic carbocycles. The lowest BCUT2D eigenvalue weighted by Crippen LogP contribution is -2.46. The first kappa shape index (κ1) is 17.4. The molecule has 2 aliphatic rings. The van der Waals surface area contributed by atoms with E-state index in [1.807, 2.05) is 83.8 Å². The summed E-state index contributed by atoms with van der Waals surface area (Å²) in [6.07, 6.45) is -0.673. The summed E-state index contributed by atoms with van der Waals surface area (Å²) in [7, 11) is 1.61. The number of Topliss-reactive ketones (excluding diaryl/α,β-unsaturated/α-hetero) is 1. The maximum Gasteiger partial charge on any atom is 0.282 e. The van der Waals surface area contributed by atoms with E-state index < -0.39 is 12.0 Å². The molecule has 0 spiro atoms. The van der Waals surface area contributed by atoms with Crippen molar-refractivity contribution in [2.75, 3.05) is 12.0 Å². The van der Waals surface area contributed by atoms with E-state index in [9.17, 15) is 4.79 Å². The molecule has 0 amide bonds. The van der Waals surface area contributed by atoms with E-state index in [2.05, 4.69) is 0 Å². The summed E-state index contributed by atoms with van der Waals surface area (Å²) in [4.78, 5) is 15.4. The molecule has 0 N–H and O–H groups in total. The van der Waals surface area contributed by atoms with Crippen molar-refractivity contribution in [1.82, 2.24) is 0 Å². The molecule has 2 bridgehead atoms. The second kappa shape index (κ2) is 6.45. The molecular formula is C23H18ClNO3. The molecule has 0 saturated carbocycles. The average molecular weight is 392 g/mol. The average Bonchev–Trinajstić information content (AvgIpc) is 3.07. The van der Waals surface area contributed by atoms with Crippen LogP contribution in [0.1, 0.15) is 27.5 Å². The maximum atomic E-state index is 13.3. The molecule has 0 aromatic heterocycles. The Morgan fingerprint density at radius 1 is 0.964 bits per heavy atom. The number of methoxy groups -OCH3 is 1. The van der Waals surface area contributed by atoms with Crippen LogP contribution in [0.2, 0.25) is 5.02 Å². The number of ether oxygens (including phenoxy) is 2. The molecule has 3 aromatic rings. The van der Waals surface area contributed by atoms with Gasteiger partial charge < -0.3 is 14.4 Å². The largest absolute Gasteiger partial charge is 0.332 e. The Bertz CT molecular complexity index is 1040. The Labute approximate surface area is 168 Å². The van der Waals surface area contributed by atoms with Gasteiger partial charge in [-0.05, 0) is 29.8 Å². The number of hydrogen-bond donors (Lipinski definition) is 0. The van der Waals surface area contributed by atoms with Crippen LogP contribution in [0, 0.1) is 0 Å². The van der Waals surface area contributed by atoms with Gasteiger partial charge in [-0.3, -0.25) is 4.79 Å². The number of halogens is 1. The predicted octanol–water partition coefficient (Wildman–Crippen LogP) is 4.94. The van der Waals surface area contributed by atoms with Crippen LogP contribution in [-0.2, 0) is 15.4 Å². The van der Waals surface area contributed by atoms with Crippen LogP contribution in [0.4, 0.5) is 5.69 Å². The summed E-state index contributed by atoms with van der Waals surface area (Å²) in [6, 6.07) is 24.6. The Kier molecular flexibility index (Phi) is 4.02. The van der Waals surface area contributed by atoms with Crippen molar-refractivity contribution in [2.24, 2.45) is 0 Å². The van der Waals surface area contributed by atoms with Gasteiger partial charge in [0.15, 0.2) is 11.9 Å². The molecule has 0 unspecified atom stereocenters. The van der Waals surface area contributed by atoms with Crippen LogP contribution in [0.5, 0.6) is 0 Å². The van der Waals surface area contributed by atoms with Gasteiger partial charge in [-0.1, -0.05) is 66.2 Å². The van der Waals surface area contributed by atoms with Crippen LogP contribution >= 0.6 is 11.6 Å². The van der Waals surface area contributed by atoms with Gasteiger partial charge in [0, 0.05) is 28.9 Å². The fraction of sp³-hybridized carbons (Fsp3) is 0.174. The monoisotopic (exact) mass is 391 g/mol. The van der Waals surface area contributed by atoms with Crippen LogP contribution < -0.4 is 4.90 Å². The highest BCUT2D eigenvalue weighted by atomic mass is 35.5. The zero-order chi connectivity index (χ0) is 19.3. The zero-order valence-electron chi connectivity index (χ0n) is 15.2. The predicted molar refractivity (Wildman–Crippen MR) is 107 cm³/mol. The second-order valence-corrected chi connectivity index (χ2v) is 7.37. The Hall–Kier alpha value is -2.66. The van der Waals surface area contributed by atoms with Gasteiger partial charge in [0.2, 0.25) is 0 Å². The second-order valence-electron chi connectivity index (χ2n) is 6.94. The van der Waals surface area contributed by atoms with Gasteiger partial charge >= 0.3 is 0 Å². The number of nitrogens with zero attached hydrogens (tertiary/aromatic N) is 1. The lowest BCUT2D eigenvalue weighted by atomic mass is 9.93. The Balaban J connectivity index is 1.79. The minimum Gasteiger partial charge on any atom is -0.332 e. The highest BCUT2D eigenvalue weighted by molar-refractivity contribution is 6.30. The van der Waals surface area contributed by atoms with Crippen LogP contribution in [0.15, 0.2) is 78.9 Å². The molecule has 2 aliphatic heterocycles. The van der Waals surface area contributed by atoms with Crippen molar-refractivity contribution >= 4 is 23.1 Å². The van der Waals surface area contributed by atoms with Crippen LogP contribution in [0.3, 0.4) is 0 Å². The summed E-state index contributed by atoms with van der Waals surface area (Å²) in [5, 5.41) is 0.644. The first-order chi connectivity index (χ1) is 13.7. The van der Waals surface area contributed by atoms with Gasteiger partial charge in [0.25, 0.3) is 5.91 Å². The van der Waals surface area contributed by atoms with Gasteiger partial charge in [-0.25, -0.2) is 0 Å². The SMILES string of the molecule is CO[C@@]12O[C@@H](C(=O)c3ccccc31)[C@@H](c1ccccc1)N2c1ccc(Cl)cc1. The third-order valence-corrected chi connectivity index (χ3v) is 5.73. The normalized spacial score (nSPS) is 25.6. The summed E-state index contributed by atoms with van der Waals surface area (Å²) in [6.45, 7) is 0. The summed E-state index contributed by atoms with van der Waals surface area (Å²) in [5.74, 6) is -1.22. The molecule has 5 heteroatoms. The van der Waals surface area contributed by atoms with Crippen molar-refractivity contribution in [3.63, 3.8) is 0 Å². The van der Waals surface area contributed by atoms with Gasteiger partial charge in [-0.2, -0.15) is 0 Å². The minimum absolute atomic E-state index is 0.0337. The van der Waals surface area contributed by atoms with Crippen molar-refractivity contribution < 1.29 is 14.3 Å². The molecule has 5 rings (SSSR count). The number of carbonyl (C=O) groups excluding carboxylic acids is 1. The van der Waals surface area contributed by atoms with Gasteiger partial charge in [0.1, 0.15) is 0 Å². The molecular weight excluding hydrogens is 374 g/mol. The van der Waals surface area contributed by atoms with Crippen LogP contribution in [-0.4, -0.2) is 19.0 Å². The molecule has 28 heavy (non-hydrogen) atoms. The first-order valence-electron chi connectivity index (χ1n) is 9.12. The quantitative estimate of drug-likeness (QED) is 0.634. The molecule has 0 radical (unpaired) electrons. The number of carbonyl (C=O) groups is 1. The number of ketones is 1. The zero-order valence-corrected chi connectivity index (χ0v) is 16.0. The van der Waals surface area contributed by atoms with E-state index in [0.29, 0.717) is 16.1 Å². The van der Waals surface area contributed by atoms with Gasteiger partial charge in [0.05, 0.1) is 6.04 Å². The van der Waals surface area contributed by atoms with E-state index in [1.165, 1.54) is 0 Å². The molecule has 1 saturated heterocycles. The summed E-state index contributed by atoms with van der Waals surface area (Å²) >= 11 is 6.12. The number of benzene rings is 3. The molecule has 140 valence electrons. The molecule has 3 aromatic carbocycles. The van der Waals surface area contributed by atoms with E-state index in [1.54, 1.807) is 7.11 Å². The summed E-state index contributed by atoms with van der Waals surface area (Å²) in [5.41, 5.74) is 3.21. The Morgan fingerprint density at radius 2 is 1.64 bits per heavy atom. The topological polar surface area (TPSA) is 38.8 Å². The molecule has 1 fully saturated rings. The maximum absolute atomic E-state index is 13.3. The van der Waals surface area contributed by atoms with E-state index >= 15 is 0 Å². The first-order valence-corrected chi connectivity index (χ1v) is 9.50. The number of anilines is 1. The van der Waals surface area contributed by atoms with Crippen molar-refractivity contribution in [2.45, 2.75) is 18.1 Å². The number of fused-ring (bicyclic) bond motifs is 4. The molecule has 3 atom stereocenters. The minimum atomic E-state index is -1.19. The summed E-state index contributed by atoms with van der Waals surface area (Å²) < 4.78 is 12.4. The fourth-order valence-electron chi connectivity index (χ4n) is 4.29. The van der Waals surface area contributed by atoms with Crippen molar-refractivity contribution in [3.8, 4) is 0 Å². The van der Waals surface area contributed by atoms with E-state index in [-0.39, 0.29) is 11.8 Å². The van der Waals surface area contributed by atoms with Crippen LogP contribution in [0.25, 0.3) is 0 Å². The third kappa shape index (κ3) is 2.35. The van der Waals surface area contributed by atoms with Crippen molar-refractivity contribution in [1.29, 1.82) is 0 Å². The molecule has 2 heterocycles. The molecule has 4 nitrogen and oxygen atoms in total. The highest BCUT2D eigenvalue weighted by Gasteiger charge is 2.62. The number of rotatable bonds is 3.